The Balaban J connectivity index is 1.71. The van der Waals surface area contributed by atoms with Crippen molar-refractivity contribution in [1.82, 2.24) is 14.9 Å². The van der Waals surface area contributed by atoms with Crippen LogP contribution in [0.25, 0.3) is 0 Å². The van der Waals surface area contributed by atoms with Crippen LogP contribution in [0.3, 0.4) is 0 Å². The highest BCUT2D eigenvalue weighted by Gasteiger charge is 2.51. The van der Waals surface area contributed by atoms with Gasteiger partial charge >= 0.3 is 0 Å². The number of benzene rings is 2. The molecule has 1 aliphatic rings. The third-order valence-corrected chi connectivity index (χ3v) is 9.39. The number of piperidine rings is 1. The number of rotatable bonds is 8. The van der Waals surface area contributed by atoms with Crippen molar-refractivity contribution in [3.63, 3.8) is 0 Å². The first-order chi connectivity index (χ1) is 17.2. The van der Waals surface area contributed by atoms with Crippen LogP contribution in [0.1, 0.15) is 67.6 Å². The fourth-order valence-electron chi connectivity index (χ4n) is 5.54. The quantitative estimate of drug-likeness (QED) is 0.503. The second kappa shape index (κ2) is 10.8. The summed E-state index contributed by atoms with van der Waals surface area (Å²) in [7, 11) is -3.87. The molecule has 0 atom stereocenters. The van der Waals surface area contributed by atoms with Crippen LogP contribution >= 0.6 is 0 Å². The Hall–Kier alpha value is -2.97. The SMILES string of the molecule is C=CC(=O)NC1CC(C)(C)N(S(=O)(=O)c2ccc(C(=O)NCCc3ccc(C)c(C)c3)cc2)C(C)(C)C1. The first kappa shape index (κ1) is 28.6. The van der Waals surface area contributed by atoms with Gasteiger partial charge in [0.2, 0.25) is 15.9 Å². The van der Waals surface area contributed by atoms with Crippen molar-refractivity contribution in [3.05, 3.63) is 77.4 Å². The van der Waals surface area contributed by atoms with Crippen molar-refractivity contribution in [2.24, 2.45) is 0 Å². The number of sulfonamides is 1. The smallest absolute Gasteiger partial charge is 0.251 e. The zero-order chi connectivity index (χ0) is 27.6. The number of hydrogen-bond acceptors (Lipinski definition) is 4. The summed E-state index contributed by atoms with van der Waals surface area (Å²) in [6.07, 6.45) is 2.88. The molecule has 0 aliphatic carbocycles. The van der Waals surface area contributed by atoms with Gasteiger partial charge in [0, 0.05) is 29.2 Å². The summed E-state index contributed by atoms with van der Waals surface area (Å²) < 4.78 is 29.1. The fourth-order valence-corrected chi connectivity index (χ4v) is 7.68. The average Bonchev–Trinajstić information content (AvgIpc) is 2.79. The maximum Gasteiger partial charge on any atom is 0.251 e. The highest BCUT2D eigenvalue weighted by molar-refractivity contribution is 7.89. The molecule has 0 bridgehead atoms. The maximum atomic E-state index is 13.8. The van der Waals surface area contributed by atoms with Gasteiger partial charge in [-0.15, -0.1) is 0 Å². The number of carbonyl (C=O) groups excluding carboxylic acids is 2. The summed E-state index contributed by atoms with van der Waals surface area (Å²) in [5.41, 5.74) is 2.52. The summed E-state index contributed by atoms with van der Waals surface area (Å²) in [5.74, 6) is -0.511. The number of carbonyl (C=O) groups is 2. The molecule has 2 N–H and O–H groups in total. The summed E-state index contributed by atoms with van der Waals surface area (Å²) in [6, 6.07) is 12.2. The monoisotopic (exact) mass is 525 g/mol. The molecule has 1 saturated heterocycles. The minimum Gasteiger partial charge on any atom is -0.352 e. The molecule has 0 unspecified atom stereocenters. The Bertz CT molecular complexity index is 1260. The lowest BCUT2D eigenvalue weighted by atomic mass is 9.79. The molecule has 2 aromatic rings. The van der Waals surface area contributed by atoms with E-state index >= 15 is 0 Å². The Morgan fingerprint density at radius 3 is 2.14 bits per heavy atom. The molecule has 2 amide bonds. The predicted molar refractivity (Wildman–Crippen MR) is 147 cm³/mol. The predicted octanol–water partition coefficient (Wildman–Crippen LogP) is 4.29. The van der Waals surface area contributed by atoms with Gasteiger partial charge in [-0.25, -0.2) is 8.42 Å². The van der Waals surface area contributed by atoms with E-state index in [2.05, 4.69) is 49.3 Å². The lowest BCUT2D eigenvalue weighted by Crippen LogP contribution is -2.65. The molecule has 0 spiro atoms. The summed E-state index contributed by atoms with van der Waals surface area (Å²) in [5, 5.41) is 5.83. The standard InChI is InChI=1S/C29H39N3O4S/c1-8-26(33)31-24-18-28(4,5)32(29(6,7)19-24)37(35,36)25-13-11-23(12-14-25)27(34)30-16-15-22-10-9-20(2)21(3)17-22/h8-14,17,24H,1,15-16,18-19H2,2-7H3,(H,30,34)(H,31,33). The Morgan fingerprint density at radius 1 is 1.00 bits per heavy atom. The van der Waals surface area contributed by atoms with Gasteiger partial charge in [-0.3, -0.25) is 9.59 Å². The molecule has 0 radical (unpaired) electrons. The second-order valence-corrected chi connectivity index (χ2v) is 12.9. The van der Waals surface area contributed by atoms with Crippen LogP contribution in [-0.2, 0) is 21.2 Å². The highest BCUT2D eigenvalue weighted by Crippen LogP contribution is 2.42. The minimum absolute atomic E-state index is 0.133. The molecular formula is C29H39N3O4S. The first-order valence-electron chi connectivity index (χ1n) is 12.6. The van der Waals surface area contributed by atoms with Crippen molar-refractivity contribution < 1.29 is 18.0 Å². The second-order valence-electron chi connectivity index (χ2n) is 11.2. The minimum atomic E-state index is -3.87. The molecule has 1 fully saturated rings. The lowest BCUT2D eigenvalue weighted by Gasteiger charge is -2.53. The van der Waals surface area contributed by atoms with Crippen LogP contribution in [0.15, 0.2) is 60.0 Å². The van der Waals surface area contributed by atoms with E-state index < -0.39 is 21.1 Å². The van der Waals surface area contributed by atoms with Crippen molar-refractivity contribution in [2.45, 2.75) is 82.8 Å². The molecule has 2 aromatic carbocycles. The van der Waals surface area contributed by atoms with Gasteiger partial charge in [0.15, 0.2) is 0 Å². The summed E-state index contributed by atoms with van der Waals surface area (Å²) in [6.45, 7) is 15.6. The van der Waals surface area contributed by atoms with E-state index in [0.29, 0.717) is 31.4 Å². The van der Waals surface area contributed by atoms with Crippen LogP contribution in [0.2, 0.25) is 0 Å². The molecule has 0 aromatic heterocycles. The van der Waals surface area contributed by atoms with Crippen molar-refractivity contribution in [3.8, 4) is 0 Å². The number of nitrogens with one attached hydrogen (secondary N) is 2. The third kappa shape index (κ3) is 6.48. The largest absolute Gasteiger partial charge is 0.352 e. The first-order valence-corrected chi connectivity index (χ1v) is 14.0. The van der Waals surface area contributed by atoms with E-state index in [1.54, 1.807) is 16.4 Å². The highest BCUT2D eigenvalue weighted by atomic mass is 32.2. The summed E-state index contributed by atoms with van der Waals surface area (Å²) >= 11 is 0. The number of aryl methyl sites for hydroxylation is 2. The van der Waals surface area contributed by atoms with E-state index in [9.17, 15) is 18.0 Å². The number of hydrogen-bond donors (Lipinski definition) is 2. The molecule has 200 valence electrons. The van der Waals surface area contributed by atoms with E-state index in [1.165, 1.54) is 29.3 Å². The van der Waals surface area contributed by atoms with Crippen LogP contribution in [0.5, 0.6) is 0 Å². The maximum absolute atomic E-state index is 13.8. The molecule has 1 heterocycles. The van der Waals surface area contributed by atoms with E-state index in [-0.39, 0.29) is 22.8 Å². The molecule has 3 rings (SSSR count). The van der Waals surface area contributed by atoms with Gasteiger partial charge in [-0.2, -0.15) is 4.31 Å². The zero-order valence-electron chi connectivity index (χ0n) is 22.7. The van der Waals surface area contributed by atoms with Gasteiger partial charge in [0.25, 0.3) is 5.91 Å². The van der Waals surface area contributed by atoms with Gasteiger partial charge in [-0.1, -0.05) is 24.8 Å². The number of amides is 2. The molecule has 37 heavy (non-hydrogen) atoms. The van der Waals surface area contributed by atoms with Crippen molar-refractivity contribution >= 4 is 21.8 Å². The fraction of sp³-hybridized carbons (Fsp3) is 0.448. The molecular weight excluding hydrogens is 486 g/mol. The van der Waals surface area contributed by atoms with Gasteiger partial charge in [0.1, 0.15) is 0 Å². The van der Waals surface area contributed by atoms with Crippen molar-refractivity contribution in [2.75, 3.05) is 6.54 Å². The van der Waals surface area contributed by atoms with E-state index in [1.807, 2.05) is 27.7 Å². The Kier molecular flexibility index (Phi) is 8.34. The number of nitrogens with zero attached hydrogens (tertiary/aromatic N) is 1. The summed E-state index contributed by atoms with van der Waals surface area (Å²) in [4.78, 5) is 24.7. The lowest BCUT2D eigenvalue weighted by molar-refractivity contribution is -0.118. The normalized spacial score (nSPS) is 17.7. The molecule has 1 aliphatic heterocycles. The van der Waals surface area contributed by atoms with E-state index in [4.69, 9.17) is 0 Å². The van der Waals surface area contributed by atoms with Gasteiger partial charge in [-0.05, 0) is 108 Å². The molecule has 0 saturated carbocycles. The van der Waals surface area contributed by atoms with Crippen LogP contribution in [-0.4, -0.2) is 48.2 Å². The zero-order valence-corrected chi connectivity index (χ0v) is 23.5. The van der Waals surface area contributed by atoms with Crippen molar-refractivity contribution in [1.29, 1.82) is 0 Å². The molecule has 8 heteroatoms. The molecule has 7 nitrogen and oxygen atoms in total. The van der Waals surface area contributed by atoms with Crippen LogP contribution in [0, 0.1) is 13.8 Å². The Morgan fingerprint density at radius 2 is 1.59 bits per heavy atom. The topological polar surface area (TPSA) is 95.6 Å². The van der Waals surface area contributed by atoms with Gasteiger partial charge in [0.05, 0.1) is 4.90 Å². The average molecular weight is 526 g/mol. The Labute approximate surface area is 221 Å². The van der Waals surface area contributed by atoms with E-state index in [0.717, 1.165) is 5.56 Å². The van der Waals surface area contributed by atoms with Gasteiger partial charge < -0.3 is 10.6 Å². The van der Waals surface area contributed by atoms with Crippen LogP contribution < -0.4 is 10.6 Å². The third-order valence-electron chi connectivity index (χ3n) is 7.05. The van der Waals surface area contributed by atoms with Crippen LogP contribution in [0.4, 0.5) is 0 Å².